The van der Waals surface area contributed by atoms with E-state index in [2.05, 4.69) is 80.3 Å². The first-order chi connectivity index (χ1) is 21.0. The van der Waals surface area contributed by atoms with E-state index in [9.17, 15) is 9.59 Å². The molecule has 0 bridgehead atoms. The first kappa shape index (κ1) is 50.1. The van der Waals surface area contributed by atoms with E-state index in [-0.39, 0.29) is 39.6 Å². The molecule has 47 heavy (non-hydrogen) atoms. The summed E-state index contributed by atoms with van der Waals surface area (Å²) in [7, 11) is 22.0. The highest BCUT2D eigenvalue weighted by Gasteiger charge is 2.22. The Morgan fingerprint density at radius 1 is 0.468 bits per heavy atom. The molecular formula is C38H86N5O4+3. The third kappa shape index (κ3) is 34.4. The Morgan fingerprint density at radius 2 is 0.830 bits per heavy atom. The lowest BCUT2D eigenvalue weighted by Gasteiger charge is -2.34. The summed E-state index contributed by atoms with van der Waals surface area (Å²) in [5.74, 6) is -0.608. The number of ether oxygens (including phenoxy) is 2. The van der Waals surface area contributed by atoms with Crippen molar-refractivity contribution in [3.63, 3.8) is 0 Å². The van der Waals surface area contributed by atoms with Gasteiger partial charge in [0.2, 0.25) is 0 Å². The lowest BCUT2D eigenvalue weighted by molar-refractivity contribution is -0.910. The van der Waals surface area contributed by atoms with Crippen LogP contribution in [0.4, 0.5) is 0 Å². The van der Waals surface area contributed by atoms with Gasteiger partial charge >= 0.3 is 11.9 Å². The largest absolute Gasteiger partial charge is 0.460 e. The molecule has 1 atom stereocenters. The van der Waals surface area contributed by atoms with Gasteiger partial charge in [0.25, 0.3) is 0 Å². The summed E-state index contributed by atoms with van der Waals surface area (Å²) in [5, 5.41) is 0. The number of esters is 2. The molecule has 0 N–H and O–H groups in total. The third-order valence-corrected chi connectivity index (χ3v) is 8.84. The Kier molecular flexibility index (Phi) is 30.5. The molecule has 0 rings (SSSR count). The zero-order valence-corrected chi connectivity index (χ0v) is 31.8. The van der Waals surface area contributed by atoms with Gasteiger partial charge in [0.05, 0.1) is 81.3 Å². The van der Waals surface area contributed by atoms with Crippen molar-refractivity contribution in [2.45, 2.75) is 105 Å². The molecule has 9 heteroatoms. The Bertz CT molecular complexity index is 755. The molecule has 0 aliphatic rings. The second-order valence-electron chi connectivity index (χ2n) is 16.0. The van der Waals surface area contributed by atoms with Crippen LogP contribution in [0.25, 0.3) is 0 Å². The molecular weight excluding hydrogens is 590 g/mol. The minimum atomic E-state index is -0.309. The molecule has 9 nitrogen and oxygen atoms in total. The summed E-state index contributed by atoms with van der Waals surface area (Å²) < 4.78 is 13.9. The van der Waals surface area contributed by atoms with Crippen molar-refractivity contribution in [2.24, 2.45) is 0 Å². The van der Waals surface area contributed by atoms with Crippen LogP contribution < -0.4 is 0 Å². The highest BCUT2D eigenvalue weighted by Crippen LogP contribution is 2.13. The minimum absolute atomic E-state index is 0. The van der Waals surface area contributed by atoms with E-state index in [0.717, 1.165) is 59.3 Å². The Hall–Kier alpha value is -1.26. The molecule has 0 fully saturated rings. The van der Waals surface area contributed by atoms with Crippen LogP contribution >= 0.6 is 0 Å². The number of hydrogen-bond acceptors (Lipinski definition) is 6. The van der Waals surface area contributed by atoms with Crippen LogP contribution in [-0.4, -0.2) is 171 Å². The summed E-state index contributed by atoms with van der Waals surface area (Å²) in [6, 6.07) is 0. The normalized spacial score (nSPS) is 13.2. The number of hydrogen-bond donors (Lipinski definition) is 0. The molecule has 0 spiro atoms. The quantitative estimate of drug-likeness (QED) is 0.0517. The van der Waals surface area contributed by atoms with E-state index < -0.39 is 0 Å². The fourth-order valence-electron chi connectivity index (χ4n) is 5.61. The molecule has 0 saturated carbocycles. The molecule has 0 radical (unpaired) electrons. The van der Waals surface area contributed by atoms with Crippen LogP contribution in [0.5, 0.6) is 0 Å². The first-order valence-corrected chi connectivity index (χ1v) is 18.1. The minimum Gasteiger partial charge on any atom is -0.460 e. The molecule has 0 amide bonds. The summed E-state index contributed by atoms with van der Waals surface area (Å²) >= 11 is 0. The maximum absolute atomic E-state index is 12.4. The Labute approximate surface area is 294 Å². The Balaban J connectivity index is -0.00000968. The summed E-state index contributed by atoms with van der Waals surface area (Å²) in [6.45, 7) is 9.26. The van der Waals surface area contributed by atoms with Crippen LogP contribution in [0.3, 0.4) is 0 Å². The second-order valence-corrected chi connectivity index (χ2v) is 16.0. The molecule has 0 aromatic rings. The van der Waals surface area contributed by atoms with E-state index in [0.29, 0.717) is 13.2 Å². The topological polar surface area (TPSA) is 59.1 Å². The smallest absolute Gasteiger partial charge is 0.306 e. The fraction of sp³-hybridized carbons (Fsp3) is 0.947. The van der Waals surface area contributed by atoms with Gasteiger partial charge < -0.3 is 32.7 Å². The number of nitrogens with zero attached hydrogens (tertiary/aromatic N) is 5. The lowest BCUT2D eigenvalue weighted by Crippen LogP contribution is -2.48. The zero-order valence-electron chi connectivity index (χ0n) is 31.8. The lowest BCUT2D eigenvalue weighted by atomic mass is 10.1. The predicted octanol–water partition coefficient (Wildman–Crippen LogP) is 6.16. The average molecular weight is 677 g/mol. The van der Waals surface area contributed by atoms with Crippen LogP contribution in [0.1, 0.15) is 105 Å². The van der Waals surface area contributed by atoms with Gasteiger partial charge in [-0.15, -0.1) is 0 Å². The van der Waals surface area contributed by atoms with E-state index in [1.807, 2.05) is 0 Å². The van der Waals surface area contributed by atoms with Gasteiger partial charge in [-0.2, -0.15) is 0 Å². The molecule has 0 aromatic carbocycles. The number of quaternary nitrogens is 3. The van der Waals surface area contributed by atoms with Gasteiger partial charge in [0, 0.05) is 0 Å². The summed E-state index contributed by atoms with van der Waals surface area (Å²) in [4.78, 5) is 29.2. The number of carbonyl (C=O) groups is 2. The maximum Gasteiger partial charge on any atom is 0.306 e. The predicted molar refractivity (Wildman–Crippen MR) is 203 cm³/mol. The number of carbonyl (C=O) groups excluding carboxylic acids is 2. The summed E-state index contributed by atoms with van der Waals surface area (Å²) in [5.41, 5.74) is 0. The average Bonchev–Trinajstić information content (AvgIpc) is 2.92. The molecule has 0 aromatic heterocycles. The standard InChI is InChI=1S/C36H78N5O4.2CH4/c1-37(2)25-17-11-13-20-28-40(8,9)31-33-44-35(42)23-24-36(43)45-34-32-41(10,29-21-14-12-18-26-38(3)4)30-22-16-15-19-27-39(5,6)7;;/h11-34H2,1-10H3;2*1H4/q+3;;. The molecule has 0 aliphatic heterocycles. The van der Waals surface area contributed by atoms with Gasteiger partial charge in [0.15, 0.2) is 0 Å². The Morgan fingerprint density at radius 3 is 1.23 bits per heavy atom. The van der Waals surface area contributed by atoms with Crippen LogP contribution in [0.15, 0.2) is 0 Å². The van der Waals surface area contributed by atoms with Gasteiger partial charge in [-0.3, -0.25) is 9.59 Å². The van der Waals surface area contributed by atoms with Gasteiger partial charge in [-0.25, -0.2) is 0 Å². The SMILES string of the molecule is C.C.CN(C)CCCCCC[N+](C)(C)CCOC(=O)CCC(=O)OCC[N+](C)(CCCCCCN(C)C)CCCCCC[N+](C)(C)C. The van der Waals surface area contributed by atoms with Gasteiger partial charge in [-0.1, -0.05) is 27.7 Å². The molecule has 284 valence electrons. The van der Waals surface area contributed by atoms with Crippen molar-refractivity contribution < 1.29 is 32.5 Å². The second kappa shape index (κ2) is 28.6. The monoisotopic (exact) mass is 677 g/mol. The summed E-state index contributed by atoms with van der Waals surface area (Å²) in [6.07, 6.45) is 15.1. The van der Waals surface area contributed by atoms with Gasteiger partial charge in [-0.05, 0) is 105 Å². The van der Waals surface area contributed by atoms with Crippen molar-refractivity contribution in [3.05, 3.63) is 0 Å². The van der Waals surface area contributed by atoms with E-state index in [4.69, 9.17) is 9.47 Å². The maximum atomic E-state index is 12.4. The molecule has 0 saturated heterocycles. The van der Waals surface area contributed by atoms with E-state index >= 15 is 0 Å². The van der Waals surface area contributed by atoms with E-state index in [1.54, 1.807) is 0 Å². The molecule has 0 aliphatic carbocycles. The van der Waals surface area contributed by atoms with Crippen LogP contribution in [0, 0.1) is 0 Å². The molecule has 1 unspecified atom stereocenters. The number of unbranched alkanes of at least 4 members (excludes halogenated alkanes) is 9. The van der Waals surface area contributed by atoms with Crippen molar-refractivity contribution in [1.29, 1.82) is 0 Å². The third-order valence-electron chi connectivity index (χ3n) is 8.84. The highest BCUT2D eigenvalue weighted by atomic mass is 16.5. The van der Waals surface area contributed by atoms with Crippen LogP contribution in [-0.2, 0) is 19.1 Å². The number of likely N-dealkylation sites (N-methyl/N-ethyl adjacent to an activating group) is 2. The zero-order chi connectivity index (χ0) is 34.2. The highest BCUT2D eigenvalue weighted by molar-refractivity contribution is 5.77. The number of rotatable bonds is 30. The van der Waals surface area contributed by atoms with Crippen molar-refractivity contribution in [3.8, 4) is 0 Å². The van der Waals surface area contributed by atoms with Crippen molar-refractivity contribution in [1.82, 2.24) is 9.80 Å². The van der Waals surface area contributed by atoms with E-state index in [1.165, 1.54) is 83.6 Å². The van der Waals surface area contributed by atoms with Crippen molar-refractivity contribution in [2.75, 3.05) is 136 Å². The molecule has 0 heterocycles. The van der Waals surface area contributed by atoms with Gasteiger partial charge in [0.1, 0.15) is 26.3 Å². The van der Waals surface area contributed by atoms with Crippen molar-refractivity contribution >= 4 is 11.9 Å². The first-order valence-electron chi connectivity index (χ1n) is 18.1. The fourth-order valence-corrected chi connectivity index (χ4v) is 5.61. The van der Waals surface area contributed by atoms with Crippen LogP contribution in [0.2, 0.25) is 0 Å².